The molecule has 1 fully saturated rings. The number of carbonyl (C=O) groups is 1. The van der Waals surface area contributed by atoms with Gasteiger partial charge in [0.25, 0.3) is 0 Å². The highest BCUT2D eigenvalue weighted by Gasteiger charge is 2.68. The molecule has 2 aromatic carbocycles. The molecule has 0 aliphatic heterocycles. The summed E-state index contributed by atoms with van der Waals surface area (Å²) in [6, 6.07) is 10.2. The monoisotopic (exact) mass is 494 g/mol. The zero-order valence-electron chi connectivity index (χ0n) is 17.2. The van der Waals surface area contributed by atoms with Gasteiger partial charge in [0.05, 0.1) is 10.8 Å². The maximum Gasteiger partial charge on any atom is 0.406 e. The molecule has 11 heteroatoms. The molecule has 1 saturated carbocycles. The van der Waals surface area contributed by atoms with E-state index >= 15 is 0 Å². The normalized spacial score (nSPS) is 22.3. The molecule has 1 aliphatic rings. The summed E-state index contributed by atoms with van der Waals surface area (Å²) in [6.07, 6.45) is -11.8. The van der Waals surface area contributed by atoms with Crippen molar-refractivity contribution in [2.45, 2.75) is 53.6 Å². The van der Waals surface area contributed by atoms with Crippen LogP contribution in [0.4, 0.5) is 26.3 Å². The molecular formula is C22H20F6O4S. The molecule has 1 aliphatic carbocycles. The van der Waals surface area contributed by atoms with Gasteiger partial charge in [-0.05, 0) is 49.4 Å². The Kier molecular flexibility index (Phi) is 6.10. The summed E-state index contributed by atoms with van der Waals surface area (Å²) in [5, 5.41) is 9.41. The lowest BCUT2D eigenvalue weighted by molar-refractivity contribution is -0.297. The molecule has 0 radical (unpaired) electrons. The van der Waals surface area contributed by atoms with Crippen molar-refractivity contribution in [2.75, 3.05) is 0 Å². The Balaban J connectivity index is 2.17. The highest BCUT2D eigenvalue weighted by atomic mass is 32.2. The van der Waals surface area contributed by atoms with Gasteiger partial charge < -0.3 is 5.11 Å². The van der Waals surface area contributed by atoms with Crippen LogP contribution in [0.15, 0.2) is 59.5 Å². The molecule has 2 atom stereocenters. The van der Waals surface area contributed by atoms with Gasteiger partial charge >= 0.3 is 18.3 Å². The molecule has 0 amide bonds. The highest BCUT2D eigenvalue weighted by molar-refractivity contribution is 7.92. The largest absolute Gasteiger partial charge is 0.481 e. The van der Waals surface area contributed by atoms with Crippen LogP contribution in [0.3, 0.4) is 0 Å². The van der Waals surface area contributed by atoms with Crippen LogP contribution in [0, 0.1) is 5.92 Å². The molecule has 0 heterocycles. The molecule has 33 heavy (non-hydrogen) atoms. The second-order valence-electron chi connectivity index (χ2n) is 8.29. The van der Waals surface area contributed by atoms with Gasteiger partial charge in [-0.15, -0.1) is 0 Å². The minimum Gasteiger partial charge on any atom is -0.481 e. The lowest BCUT2D eigenvalue weighted by atomic mass is 9.80. The molecule has 0 bridgehead atoms. The molecule has 2 unspecified atom stereocenters. The van der Waals surface area contributed by atoms with Crippen molar-refractivity contribution in [1.29, 1.82) is 0 Å². The van der Waals surface area contributed by atoms with Gasteiger partial charge in [-0.2, -0.15) is 26.3 Å². The molecule has 0 spiro atoms. The van der Waals surface area contributed by atoms with Gasteiger partial charge in [0, 0.05) is 0 Å². The summed E-state index contributed by atoms with van der Waals surface area (Å²) in [7, 11) is -4.23. The lowest BCUT2D eigenvalue weighted by Gasteiger charge is -2.35. The van der Waals surface area contributed by atoms with Crippen molar-refractivity contribution >= 4 is 15.8 Å². The first-order valence-corrected chi connectivity index (χ1v) is 11.3. The van der Waals surface area contributed by atoms with Crippen molar-refractivity contribution in [3.8, 4) is 0 Å². The minimum atomic E-state index is -5.65. The van der Waals surface area contributed by atoms with Crippen LogP contribution in [-0.4, -0.2) is 31.8 Å². The SMILES string of the molecule is CC(c1ccc(C2(S(=O)(=O)c3ccccc3)CCC(C(=O)O)C2)cc1)(C(F)(F)F)C(F)(F)F. The number of carboxylic acid groups (broad SMARTS) is 1. The Morgan fingerprint density at radius 3 is 1.88 bits per heavy atom. The predicted molar refractivity (Wildman–Crippen MR) is 106 cm³/mol. The van der Waals surface area contributed by atoms with E-state index in [0.717, 1.165) is 12.1 Å². The molecule has 3 rings (SSSR count). The van der Waals surface area contributed by atoms with Gasteiger partial charge in [0.2, 0.25) is 0 Å². The first-order chi connectivity index (χ1) is 15.1. The number of sulfone groups is 1. The van der Waals surface area contributed by atoms with Crippen molar-refractivity contribution in [3.05, 3.63) is 65.7 Å². The third-order valence-corrected chi connectivity index (χ3v) is 9.04. The van der Waals surface area contributed by atoms with Crippen LogP contribution in [-0.2, 0) is 24.8 Å². The van der Waals surface area contributed by atoms with E-state index in [-0.39, 0.29) is 36.6 Å². The fourth-order valence-electron chi connectivity index (χ4n) is 4.30. The van der Waals surface area contributed by atoms with Crippen molar-refractivity contribution in [3.63, 3.8) is 0 Å². The van der Waals surface area contributed by atoms with Crippen LogP contribution >= 0.6 is 0 Å². The molecule has 180 valence electrons. The van der Waals surface area contributed by atoms with Gasteiger partial charge in [-0.3, -0.25) is 4.79 Å². The summed E-state index contributed by atoms with van der Waals surface area (Å²) >= 11 is 0. The predicted octanol–water partition coefficient (Wildman–Crippen LogP) is 5.62. The highest BCUT2D eigenvalue weighted by Crippen LogP contribution is 2.54. The zero-order valence-corrected chi connectivity index (χ0v) is 18.1. The fraction of sp³-hybridized carbons (Fsp3) is 0.409. The smallest absolute Gasteiger partial charge is 0.406 e. The lowest BCUT2D eigenvalue weighted by Crippen LogP contribution is -2.51. The van der Waals surface area contributed by atoms with E-state index < -0.39 is 49.8 Å². The number of aliphatic carboxylic acids is 1. The standard InChI is InChI=1S/C22H20F6O4S/c1-19(21(23,24)25,22(26,27)28)15-7-9-16(10-8-15)20(12-11-14(13-20)18(29)30)33(31,32)17-5-3-2-4-6-17/h2-10,14H,11-13H2,1H3,(H,29,30). The second-order valence-corrected chi connectivity index (χ2v) is 10.5. The first-order valence-electron chi connectivity index (χ1n) is 9.85. The number of carboxylic acids is 1. The van der Waals surface area contributed by atoms with Crippen LogP contribution in [0.25, 0.3) is 0 Å². The zero-order chi connectivity index (χ0) is 24.9. The molecule has 2 aromatic rings. The average Bonchev–Trinajstić information content (AvgIpc) is 3.20. The number of alkyl halides is 6. The maximum absolute atomic E-state index is 13.6. The topological polar surface area (TPSA) is 71.4 Å². The summed E-state index contributed by atoms with van der Waals surface area (Å²) in [5.74, 6) is -2.25. The summed E-state index contributed by atoms with van der Waals surface area (Å²) in [6.45, 7) is 0.0223. The Morgan fingerprint density at radius 2 is 1.45 bits per heavy atom. The Bertz CT molecular complexity index is 1110. The first kappa shape index (κ1) is 25.1. The Hall–Kier alpha value is -2.56. The van der Waals surface area contributed by atoms with Crippen LogP contribution in [0.1, 0.15) is 37.3 Å². The molecule has 0 aromatic heterocycles. The van der Waals surface area contributed by atoms with Crippen molar-refractivity contribution in [1.82, 2.24) is 0 Å². The van der Waals surface area contributed by atoms with Crippen molar-refractivity contribution in [2.24, 2.45) is 5.92 Å². The third kappa shape index (κ3) is 3.89. The number of rotatable bonds is 5. The number of hydrogen-bond acceptors (Lipinski definition) is 3. The van der Waals surface area contributed by atoms with Crippen LogP contribution in [0.2, 0.25) is 0 Å². The van der Waals surface area contributed by atoms with E-state index in [1.165, 1.54) is 24.3 Å². The van der Waals surface area contributed by atoms with Crippen LogP contribution in [0.5, 0.6) is 0 Å². The van der Waals surface area contributed by atoms with E-state index in [1.807, 2.05) is 0 Å². The van der Waals surface area contributed by atoms with Gasteiger partial charge in [0.15, 0.2) is 15.3 Å². The van der Waals surface area contributed by atoms with E-state index in [0.29, 0.717) is 12.1 Å². The van der Waals surface area contributed by atoms with Gasteiger partial charge in [-0.1, -0.05) is 42.5 Å². The van der Waals surface area contributed by atoms with Crippen molar-refractivity contribution < 1.29 is 44.7 Å². The summed E-state index contributed by atoms with van der Waals surface area (Å²) < 4.78 is 106. The quantitative estimate of drug-likeness (QED) is 0.548. The fourth-order valence-corrected chi connectivity index (χ4v) is 6.52. The van der Waals surface area contributed by atoms with Gasteiger partial charge in [-0.25, -0.2) is 8.42 Å². The number of halogens is 6. The molecule has 1 N–H and O–H groups in total. The Morgan fingerprint density at radius 1 is 0.939 bits per heavy atom. The third-order valence-electron chi connectivity index (χ3n) is 6.51. The summed E-state index contributed by atoms with van der Waals surface area (Å²) in [5.41, 5.74) is -5.31. The molecular weight excluding hydrogens is 474 g/mol. The number of hydrogen-bond donors (Lipinski definition) is 1. The number of benzene rings is 2. The molecule has 4 nitrogen and oxygen atoms in total. The Labute approximate surface area is 186 Å². The minimum absolute atomic E-state index is 0.00797. The van der Waals surface area contributed by atoms with E-state index in [2.05, 4.69) is 0 Å². The van der Waals surface area contributed by atoms with Gasteiger partial charge in [0.1, 0.15) is 4.75 Å². The average molecular weight is 494 g/mol. The molecule has 0 saturated heterocycles. The van der Waals surface area contributed by atoms with E-state index in [9.17, 15) is 44.7 Å². The van der Waals surface area contributed by atoms with E-state index in [4.69, 9.17) is 0 Å². The second kappa shape index (κ2) is 8.03. The maximum atomic E-state index is 13.6. The van der Waals surface area contributed by atoms with Crippen LogP contribution < -0.4 is 0 Å². The summed E-state index contributed by atoms with van der Waals surface area (Å²) in [4.78, 5) is 11.4. The van der Waals surface area contributed by atoms with E-state index in [1.54, 1.807) is 6.07 Å².